The maximum absolute atomic E-state index is 13.3. The zero-order chi connectivity index (χ0) is 23.5. The van der Waals surface area contributed by atoms with Crippen LogP contribution in [0.2, 0.25) is 0 Å². The number of allylic oxidation sites excluding steroid dienone is 1. The lowest BCUT2D eigenvalue weighted by atomic mass is 9.86. The number of anilines is 1. The summed E-state index contributed by atoms with van der Waals surface area (Å²) in [7, 11) is 0. The summed E-state index contributed by atoms with van der Waals surface area (Å²) in [5.41, 5.74) is 4.06. The van der Waals surface area contributed by atoms with E-state index < -0.39 is 18.5 Å². The van der Waals surface area contributed by atoms with Gasteiger partial charge in [-0.2, -0.15) is 5.26 Å². The Labute approximate surface area is 199 Å². The number of nitrogens with one attached hydrogen (secondary N) is 1. The number of aromatic nitrogens is 1. The second kappa shape index (κ2) is 9.33. The van der Waals surface area contributed by atoms with Crippen LogP contribution in [0.5, 0.6) is 0 Å². The zero-order valence-electron chi connectivity index (χ0n) is 18.0. The lowest BCUT2D eigenvalue weighted by Crippen LogP contribution is -2.22. The SMILES string of the molecule is N#Cc1ccsc1NC(=O)COC(=O)c1c2c(nc3ccccc13)C(=Cc1ccco1)CCC2. The summed E-state index contributed by atoms with van der Waals surface area (Å²) in [5.74, 6) is -0.349. The highest BCUT2D eigenvalue weighted by Crippen LogP contribution is 2.36. The summed E-state index contributed by atoms with van der Waals surface area (Å²) >= 11 is 1.24. The molecule has 8 heteroatoms. The lowest BCUT2D eigenvalue weighted by Gasteiger charge is -2.22. The third-order valence-electron chi connectivity index (χ3n) is 5.61. The van der Waals surface area contributed by atoms with Gasteiger partial charge in [-0.1, -0.05) is 18.2 Å². The number of ether oxygens (including phenoxy) is 1. The van der Waals surface area contributed by atoms with Gasteiger partial charge in [0.15, 0.2) is 6.61 Å². The summed E-state index contributed by atoms with van der Waals surface area (Å²) in [6, 6.07) is 14.8. The molecule has 0 saturated heterocycles. The predicted molar refractivity (Wildman–Crippen MR) is 129 cm³/mol. The molecule has 7 nitrogen and oxygen atoms in total. The number of hydrogen-bond donors (Lipinski definition) is 1. The van der Waals surface area contributed by atoms with Gasteiger partial charge in [0, 0.05) is 5.39 Å². The number of thiophene rings is 1. The number of furan rings is 1. The Morgan fingerprint density at radius 3 is 2.91 bits per heavy atom. The Bertz CT molecular complexity index is 1460. The van der Waals surface area contributed by atoms with E-state index in [0.717, 1.165) is 35.4 Å². The minimum atomic E-state index is -0.573. The highest BCUT2D eigenvalue weighted by atomic mass is 32.1. The van der Waals surface area contributed by atoms with Crippen LogP contribution in [0.4, 0.5) is 5.00 Å². The number of nitriles is 1. The number of rotatable bonds is 5. The molecule has 1 amide bonds. The van der Waals surface area contributed by atoms with Crippen molar-refractivity contribution in [2.24, 2.45) is 0 Å². The Balaban J connectivity index is 1.46. The molecular weight excluding hydrogens is 450 g/mol. The number of pyridine rings is 1. The van der Waals surface area contributed by atoms with Crippen molar-refractivity contribution in [2.45, 2.75) is 19.3 Å². The maximum atomic E-state index is 13.3. The fraction of sp³-hybridized carbons (Fsp3) is 0.154. The molecule has 0 spiro atoms. The second-order valence-corrected chi connectivity index (χ2v) is 8.69. The minimum Gasteiger partial charge on any atom is -0.465 e. The van der Waals surface area contributed by atoms with Gasteiger partial charge in [0.1, 0.15) is 16.8 Å². The van der Waals surface area contributed by atoms with Gasteiger partial charge in [0.25, 0.3) is 5.91 Å². The summed E-state index contributed by atoms with van der Waals surface area (Å²) in [6.07, 6.45) is 5.93. The molecule has 3 aromatic heterocycles. The quantitative estimate of drug-likeness (QED) is 0.391. The number of amides is 1. The van der Waals surface area contributed by atoms with Crippen LogP contribution in [0.1, 0.15) is 45.8 Å². The average Bonchev–Trinajstić information content (AvgIpc) is 3.53. The fourth-order valence-corrected chi connectivity index (χ4v) is 4.87. The molecule has 0 radical (unpaired) electrons. The van der Waals surface area contributed by atoms with Crippen molar-refractivity contribution in [3.8, 4) is 6.07 Å². The number of benzene rings is 1. The van der Waals surface area contributed by atoms with E-state index in [-0.39, 0.29) is 0 Å². The first-order valence-electron chi connectivity index (χ1n) is 10.7. The number of carbonyl (C=O) groups is 2. The summed E-state index contributed by atoms with van der Waals surface area (Å²) in [4.78, 5) is 30.5. The van der Waals surface area contributed by atoms with Gasteiger partial charge in [-0.25, -0.2) is 9.78 Å². The van der Waals surface area contributed by atoms with E-state index in [4.69, 9.17) is 19.4 Å². The van der Waals surface area contributed by atoms with Crippen LogP contribution in [-0.4, -0.2) is 23.5 Å². The van der Waals surface area contributed by atoms with Crippen molar-refractivity contribution >= 4 is 50.8 Å². The molecule has 5 rings (SSSR count). The molecule has 0 saturated carbocycles. The molecule has 4 aromatic rings. The number of fused-ring (bicyclic) bond motifs is 2. The summed E-state index contributed by atoms with van der Waals surface area (Å²) < 4.78 is 10.9. The van der Waals surface area contributed by atoms with Crippen LogP contribution in [0.3, 0.4) is 0 Å². The molecule has 0 bridgehead atoms. The molecule has 168 valence electrons. The van der Waals surface area contributed by atoms with Crippen molar-refractivity contribution < 1.29 is 18.7 Å². The fourth-order valence-electron chi connectivity index (χ4n) is 4.11. The van der Waals surface area contributed by atoms with Gasteiger partial charge in [0.05, 0.1) is 28.6 Å². The van der Waals surface area contributed by atoms with Gasteiger partial charge >= 0.3 is 5.97 Å². The van der Waals surface area contributed by atoms with Crippen LogP contribution < -0.4 is 5.32 Å². The summed E-state index contributed by atoms with van der Waals surface area (Å²) in [6.45, 7) is -0.456. The van der Waals surface area contributed by atoms with E-state index in [9.17, 15) is 9.59 Å². The van der Waals surface area contributed by atoms with Crippen molar-refractivity contribution in [1.29, 1.82) is 5.26 Å². The van der Waals surface area contributed by atoms with E-state index in [2.05, 4.69) is 5.32 Å². The normalized spacial score (nSPS) is 13.9. The zero-order valence-corrected chi connectivity index (χ0v) is 18.9. The topological polar surface area (TPSA) is 105 Å². The van der Waals surface area contributed by atoms with Gasteiger partial charge in [-0.15, -0.1) is 11.3 Å². The van der Waals surface area contributed by atoms with E-state index >= 15 is 0 Å². The van der Waals surface area contributed by atoms with Crippen LogP contribution in [-0.2, 0) is 16.0 Å². The molecule has 0 atom stereocenters. The third-order valence-corrected chi connectivity index (χ3v) is 6.44. The van der Waals surface area contributed by atoms with E-state index in [0.29, 0.717) is 33.5 Å². The molecule has 1 aromatic carbocycles. The van der Waals surface area contributed by atoms with Crippen LogP contribution >= 0.6 is 11.3 Å². The van der Waals surface area contributed by atoms with Crippen molar-refractivity contribution in [1.82, 2.24) is 4.98 Å². The number of para-hydroxylation sites is 1. The third kappa shape index (κ3) is 4.21. The Hall–Kier alpha value is -4.22. The van der Waals surface area contributed by atoms with Crippen molar-refractivity contribution in [3.05, 3.63) is 82.3 Å². The molecule has 1 N–H and O–H groups in total. The molecule has 0 unspecified atom stereocenters. The average molecular weight is 470 g/mol. The smallest absolute Gasteiger partial charge is 0.339 e. The molecule has 0 aliphatic heterocycles. The standard InChI is InChI=1S/C26H19N3O4S/c27-14-17-10-12-34-25(17)29-22(30)15-33-26(31)23-19-7-1-2-9-21(19)28-24-16(5-3-8-20(23)24)13-18-6-4-11-32-18/h1-2,4,6-7,9-13H,3,5,8,15H2,(H,29,30). The number of hydrogen-bond acceptors (Lipinski definition) is 7. The Morgan fingerprint density at radius 1 is 1.21 bits per heavy atom. The second-order valence-electron chi connectivity index (χ2n) is 7.77. The van der Waals surface area contributed by atoms with E-state index in [1.165, 1.54) is 11.3 Å². The summed E-state index contributed by atoms with van der Waals surface area (Å²) in [5, 5.41) is 14.6. The van der Waals surface area contributed by atoms with Gasteiger partial charge in [0.2, 0.25) is 0 Å². The minimum absolute atomic E-state index is 0.370. The van der Waals surface area contributed by atoms with Crippen molar-refractivity contribution in [2.75, 3.05) is 11.9 Å². The number of esters is 1. The lowest BCUT2D eigenvalue weighted by molar-refractivity contribution is -0.119. The largest absolute Gasteiger partial charge is 0.465 e. The van der Waals surface area contributed by atoms with E-state index in [1.54, 1.807) is 17.7 Å². The first-order chi connectivity index (χ1) is 16.6. The molecule has 34 heavy (non-hydrogen) atoms. The van der Waals surface area contributed by atoms with Crippen molar-refractivity contribution in [3.63, 3.8) is 0 Å². The molecule has 3 heterocycles. The maximum Gasteiger partial charge on any atom is 0.339 e. The highest BCUT2D eigenvalue weighted by molar-refractivity contribution is 7.14. The molecule has 1 aliphatic carbocycles. The highest BCUT2D eigenvalue weighted by Gasteiger charge is 2.26. The first kappa shape index (κ1) is 21.6. The van der Waals surface area contributed by atoms with Crippen LogP contribution in [0.25, 0.3) is 22.6 Å². The van der Waals surface area contributed by atoms with E-state index in [1.807, 2.05) is 48.5 Å². The Kier molecular flexibility index (Phi) is 5.93. The van der Waals surface area contributed by atoms with Gasteiger partial charge in [-0.05, 0) is 66.1 Å². The van der Waals surface area contributed by atoms with Gasteiger partial charge < -0.3 is 14.5 Å². The predicted octanol–water partition coefficient (Wildman–Crippen LogP) is 5.43. The first-order valence-corrected chi connectivity index (χ1v) is 11.6. The number of carbonyl (C=O) groups excluding carboxylic acids is 2. The monoisotopic (exact) mass is 469 g/mol. The van der Waals surface area contributed by atoms with Gasteiger partial charge in [-0.3, -0.25) is 4.79 Å². The molecular formula is C26H19N3O4S. The van der Waals surface area contributed by atoms with Crippen LogP contribution in [0, 0.1) is 11.3 Å². The number of nitrogens with zero attached hydrogens (tertiary/aromatic N) is 2. The Morgan fingerprint density at radius 2 is 2.09 bits per heavy atom. The molecule has 0 fully saturated rings. The molecule has 1 aliphatic rings. The van der Waals surface area contributed by atoms with Crippen LogP contribution in [0.15, 0.2) is 58.5 Å².